The lowest BCUT2D eigenvalue weighted by Crippen LogP contribution is -2.52. The second kappa shape index (κ2) is 8.05. The second-order valence-corrected chi connectivity index (χ2v) is 6.70. The summed E-state index contributed by atoms with van der Waals surface area (Å²) in [5, 5.41) is 11.4. The van der Waals surface area contributed by atoms with Crippen molar-refractivity contribution in [2.75, 3.05) is 6.61 Å². The predicted molar refractivity (Wildman–Crippen MR) is 85.1 cm³/mol. The Labute approximate surface area is 148 Å². The van der Waals surface area contributed by atoms with Crippen molar-refractivity contribution >= 4 is 23.5 Å². The first-order valence-corrected chi connectivity index (χ1v) is 7.70. The number of nitrogens with one attached hydrogen (secondary N) is 1. The first-order valence-electron chi connectivity index (χ1n) is 7.32. The van der Waals surface area contributed by atoms with Gasteiger partial charge in [0.15, 0.2) is 0 Å². The quantitative estimate of drug-likeness (QED) is 0.769. The standard InChI is InChI=1S/C16H19ClF3NO4/c1-15(2,3)25-13(23)12(21-14(24)16(18,19)20)10(8-22)9-6-4-5-7-11(9)17/h4-7,10,12,22H,8H2,1-3H3,(H,21,24)/t10-,12+/m1/s1. The molecule has 2 N–H and O–H groups in total. The maximum absolute atomic E-state index is 12.6. The Balaban J connectivity index is 3.25. The Hall–Kier alpha value is -1.80. The van der Waals surface area contributed by atoms with Crippen molar-refractivity contribution in [3.63, 3.8) is 0 Å². The average Bonchev–Trinajstić information content (AvgIpc) is 2.45. The molecule has 0 saturated carbocycles. The first kappa shape index (κ1) is 21.2. The number of aliphatic hydroxyl groups is 1. The molecular formula is C16H19ClF3NO4. The Kier molecular flexibility index (Phi) is 6.84. The van der Waals surface area contributed by atoms with Gasteiger partial charge in [0.05, 0.1) is 6.61 Å². The molecule has 9 heteroatoms. The number of benzene rings is 1. The Morgan fingerprint density at radius 3 is 2.24 bits per heavy atom. The van der Waals surface area contributed by atoms with Crippen molar-refractivity contribution in [3.05, 3.63) is 34.9 Å². The largest absolute Gasteiger partial charge is 0.471 e. The van der Waals surface area contributed by atoms with Gasteiger partial charge in [-0.15, -0.1) is 0 Å². The summed E-state index contributed by atoms with van der Waals surface area (Å²) in [4.78, 5) is 23.7. The number of halogens is 4. The number of rotatable bonds is 5. The Bertz CT molecular complexity index is 629. The maximum Gasteiger partial charge on any atom is 0.471 e. The van der Waals surface area contributed by atoms with E-state index in [0.29, 0.717) is 0 Å². The lowest BCUT2D eigenvalue weighted by atomic mass is 9.91. The van der Waals surface area contributed by atoms with E-state index in [1.165, 1.54) is 32.9 Å². The summed E-state index contributed by atoms with van der Waals surface area (Å²) in [6.07, 6.45) is -5.19. The van der Waals surface area contributed by atoms with Gasteiger partial charge in [0, 0.05) is 10.9 Å². The second-order valence-electron chi connectivity index (χ2n) is 6.29. The minimum atomic E-state index is -5.19. The van der Waals surface area contributed by atoms with Crippen LogP contribution < -0.4 is 5.32 Å². The number of amides is 1. The third-order valence-electron chi connectivity index (χ3n) is 3.11. The fourth-order valence-corrected chi connectivity index (χ4v) is 2.35. The number of carbonyl (C=O) groups is 2. The third-order valence-corrected chi connectivity index (χ3v) is 3.45. The van der Waals surface area contributed by atoms with E-state index in [1.807, 2.05) is 0 Å². The Morgan fingerprint density at radius 2 is 1.80 bits per heavy atom. The lowest BCUT2D eigenvalue weighted by Gasteiger charge is -2.29. The van der Waals surface area contributed by atoms with Gasteiger partial charge in [0.25, 0.3) is 0 Å². The van der Waals surface area contributed by atoms with Crippen LogP contribution in [0.4, 0.5) is 13.2 Å². The molecule has 0 aliphatic carbocycles. The normalized spacial score (nSPS) is 14.6. The summed E-state index contributed by atoms with van der Waals surface area (Å²) in [7, 11) is 0. The molecule has 1 amide bonds. The minimum absolute atomic E-state index is 0.136. The van der Waals surface area contributed by atoms with Crippen LogP contribution in [-0.4, -0.2) is 41.4 Å². The lowest BCUT2D eigenvalue weighted by molar-refractivity contribution is -0.177. The van der Waals surface area contributed by atoms with Crippen LogP contribution in [0.5, 0.6) is 0 Å². The van der Waals surface area contributed by atoms with Gasteiger partial charge in [0.2, 0.25) is 0 Å². The number of esters is 1. The molecule has 0 radical (unpaired) electrons. The molecule has 0 unspecified atom stereocenters. The zero-order valence-corrected chi connectivity index (χ0v) is 14.6. The summed E-state index contributed by atoms with van der Waals surface area (Å²) < 4.78 is 42.9. The van der Waals surface area contributed by atoms with Crippen molar-refractivity contribution in [1.82, 2.24) is 5.32 Å². The van der Waals surface area contributed by atoms with Gasteiger partial charge >= 0.3 is 18.1 Å². The van der Waals surface area contributed by atoms with Gasteiger partial charge in [0.1, 0.15) is 11.6 Å². The SMILES string of the molecule is CC(C)(C)OC(=O)[C@@H](NC(=O)C(F)(F)F)[C@H](CO)c1ccccc1Cl. The highest BCUT2D eigenvalue weighted by molar-refractivity contribution is 6.31. The van der Waals surface area contributed by atoms with Gasteiger partial charge in [-0.1, -0.05) is 29.8 Å². The van der Waals surface area contributed by atoms with Gasteiger partial charge in [-0.3, -0.25) is 4.79 Å². The van der Waals surface area contributed by atoms with E-state index in [4.69, 9.17) is 16.3 Å². The molecular weight excluding hydrogens is 363 g/mol. The van der Waals surface area contributed by atoms with Crippen molar-refractivity contribution in [2.45, 2.75) is 44.5 Å². The summed E-state index contributed by atoms with van der Waals surface area (Å²) in [6.45, 7) is 3.84. The van der Waals surface area contributed by atoms with Crippen LogP contribution >= 0.6 is 11.6 Å². The smallest absolute Gasteiger partial charge is 0.458 e. The van der Waals surface area contributed by atoms with E-state index in [-0.39, 0.29) is 10.6 Å². The van der Waals surface area contributed by atoms with Crippen LogP contribution in [0, 0.1) is 0 Å². The van der Waals surface area contributed by atoms with Crippen LogP contribution in [0.3, 0.4) is 0 Å². The number of hydrogen-bond donors (Lipinski definition) is 2. The molecule has 0 aromatic heterocycles. The topological polar surface area (TPSA) is 75.6 Å². The number of hydrogen-bond acceptors (Lipinski definition) is 4. The number of carbonyl (C=O) groups excluding carboxylic acids is 2. The maximum atomic E-state index is 12.6. The molecule has 1 aromatic rings. The molecule has 0 aliphatic rings. The van der Waals surface area contributed by atoms with E-state index in [2.05, 4.69) is 0 Å². The van der Waals surface area contributed by atoms with E-state index in [1.54, 1.807) is 17.4 Å². The first-order chi connectivity index (χ1) is 11.4. The molecule has 0 aliphatic heterocycles. The van der Waals surface area contributed by atoms with E-state index >= 15 is 0 Å². The molecule has 25 heavy (non-hydrogen) atoms. The monoisotopic (exact) mass is 381 g/mol. The summed E-state index contributed by atoms with van der Waals surface area (Å²) in [5.74, 6) is -4.63. The third kappa shape index (κ3) is 6.21. The molecule has 1 rings (SSSR count). The van der Waals surface area contributed by atoms with Crippen molar-refractivity contribution in [2.24, 2.45) is 0 Å². The predicted octanol–water partition coefficient (Wildman–Crippen LogP) is 2.80. The van der Waals surface area contributed by atoms with Crippen molar-refractivity contribution in [3.8, 4) is 0 Å². The molecule has 0 bridgehead atoms. The van der Waals surface area contributed by atoms with Crippen LogP contribution in [-0.2, 0) is 14.3 Å². The van der Waals surface area contributed by atoms with Gasteiger partial charge < -0.3 is 15.2 Å². The molecule has 2 atom stereocenters. The minimum Gasteiger partial charge on any atom is -0.458 e. The van der Waals surface area contributed by atoms with Gasteiger partial charge in [-0.05, 0) is 32.4 Å². The number of alkyl halides is 3. The van der Waals surface area contributed by atoms with Gasteiger partial charge in [-0.2, -0.15) is 13.2 Å². The average molecular weight is 382 g/mol. The number of ether oxygens (including phenoxy) is 1. The highest BCUT2D eigenvalue weighted by Gasteiger charge is 2.44. The van der Waals surface area contributed by atoms with Crippen LogP contribution in [0.15, 0.2) is 24.3 Å². The highest BCUT2D eigenvalue weighted by Crippen LogP contribution is 2.29. The van der Waals surface area contributed by atoms with Crippen molar-refractivity contribution < 1.29 is 32.6 Å². The molecule has 0 spiro atoms. The molecule has 0 fully saturated rings. The van der Waals surface area contributed by atoms with E-state index in [0.717, 1.165) is 0 Å². The van der Waals surface area contributed by atoms with Crippen molar-refractivity contribution in [1.29, 1.82) is 0 Å². The molecule has 1 aromatic carbocycles. The fourth-order valence-electron chi connectivity index (χ4n) is 2.07. The fraction of sp³-hybridized carbons (Fsp3) is 0.500. The molecule has 0 heterocycles. The van der Waals surface area contributed by atoms with Gasteiger partial charge in [-0.25, -0.2) is 4.79 Å². The molecule has 0 saturated heterocycles. The summed E-state index contributed by atoms with van der Waals surface area (Å²) in [6, 6.07) is 4.26. The number of aliphatic hydroxyl groups excluding tert-OH is 1. The highest BCUT2D eigenvalue weighted by atomic mass is 35.5. The summed E-state index contributed by atoms with van der Waals surface area (Å²) >= 11 is 6.01. The van der Waals surface area contributed by atoms with Crippen LogP contribution in [0.1, 0.15) is 32.3 Å². The molecule has 5 nitrogen and oxygen atoms in total. The Morgan fingerprint density at radius 1 is 1.24 bits per heavy atom. The summed E-state index contributed by atoms with van der Waals surface area (Å²) in [5.41, 5.74) is -0.788. The zero-order valence-electron chi connectivity index (χ0n) is 13.9. The van der Waals surface area contributed by atoms with E-state index in [9.17, 15) is 27.9 Å². The van der Waals surface area contributed by atoms with Crippen LogP contribution in [0.2, 0.25) is 5.02 Å². The van der Waals surface area contributed by atoms with E-state index < -0.39 is 42.2 Å². The van der Waals surface area contributed by atoms with Crippen LogP contribution in [0.25, 0.3) is 0 Å². The molecule has 140 valence electrons. The zero-order chi connectivity index (χ0) is 19.4.